The van der Waals surface area contributed by atoms with Crippen LogP contribution in [0, 0.1) is 5.92 Å². The Kier molecular flexibility index (Phi) is 4.31. The van der Waals surface area contributed by atoms with Crippen molar-refractivity contribution in [3.8, 4) is 0 Å². The van der Waals surface area contributed by atoms with E-state index < -0.39 is 17.9 Å². The molecule has 1 atom stereocenters. The fourth-order valence-corrected chi connectivity index (χ4v) is 3.53. The number of alkyl halides is 2. The number of carbonyl (C=O) groups excluding carboxylic acids is 1. The van der Waals surface area contributed by atoms with Crippen LogP contribution >= 0.6 is 0 Å². The van der Waals surface area contributed by atoms with Gasteiger partial charge in [-0.15, -0.1) is 0 Å². The molecule has 1 amide bonds. The summed E-state index contributed by atoms with van der Waals surface area (Å²) in [5, 5.41) is 3.36. The van der Waals surface area contributed by atoms with Gasteiger partial charge in [0.05, 0.1) is 13.2 Å². The first-order valence-electron chi connectivity index (χ1n) is 8.87. The van der Waals surface area contributed by atoms with E-state index in [4.69, 9.17) is 4.74 Å². The van der Waals surface area contributed by atoms with Crippen LogP contribution < -0.4 is 5.32 Å². The van der Waals surface area contributed by atoms with Gasteiger partial charge in [-0.25, -0.2) is 18.7 Å². The highest BCUT2D eigenvalue weighted by Crippen LogP contribution is 2.44. The quantitative estimate of drug-likeness (QED) is 0.901. The van der Waals surface area contributed by atoms with Gasteiger partial charge in [0.25, 0.3) is 0 Å². The summed E-state index contributed by atoms with van der Waals surface area (Å²) in [6.07, 6.45) is 4.43. The van der Waals surface area contributed by atoms with E-state index in [1.165, 1.54) is 6.42 Å². The Morgan fingerprint density at radius 3 is 2.84 bits per heavy atom. The third kappa shape index (κ3) is 3.44. The predicted octanol–water partition coefficient (Wildman–Crippen LogP) is 2.39. The van der Waals surface area contributed by atoms with Crippen LogP contribution in [0.15, 0.2) is 12.3 Å². The van der Waals surface area contributed by atoms with Crippen molar-refractivity contribution in [1.29, 1.82) is 0 Å². The SMILES string of the molecule is O=C(C1CC(F)(F)C1)N1CCOCC1c1nccc(NC2CCC2)n1. The van der Waals surface area contributed by atoms with Crippen LogP contribution in [0.5, 0.6) is 0 Å². The molecule has 1 N–H and O–H groups in total. The fourth-order valence-electron chi connectivity index (χ4n) is 3.53. The second-order valence-corrected chi connectivity index (χ2v) is 7.16. The van der Waals surface area contributed by atoms with Crippen LogP contribution in [-0.2, 0) is 9.53 Å². The van der Waals surface area contributed by atoms with Crippen LogP contribution in [0.25, 0.3) is 0 Å². The molecule has 1 aromatic rings. The van der Waals surface area contributed by atoms with E-state index in [1.54, 1.807) is 11.1 Å². The molecule has 8 heteroatoms. The first-order valence-corrected chi connectivity index (χ1v) is 8.87. The number of amides is 1. The third-order valence-electron chi connectivity index (χ3n) is 5.28. The molecule has 25 heavy (non-hydrogen) atoms. The number of morpholine rings is 1. The van der Waals surface area contributed by atoms with Gasteiger partial charge in [0.15, 0.2) is 5.82 Å². The largest absolute Gasteiger partial charge is 0.377 e. The Balaban J connectivity index is 1.48. The Labute approximate surface area is 145 Å². The number of nitrogens with one attached hydrogen (secondary N) is 1. The van der Waals surface area contributed by atoms with Gasteiger partial charge in [-0.3, -0.25) is 4.79 Å². The van der Waals surface area contributed by atoms with Crippen molar-refractivity contribution in [2.24, 2.45) is 5.92 Å². The summed E-state index contributed by atoms with van der Waals surface area (Å²) in [5.41, 5.74) is 0. The number of anilines is 1. The zero-order chi connectivity index (χ0) is 17.4. The van der Waals surface area contributed by atoms with Crippen LogP contribution in [0.4, 0.5) is 14.6 Å². The predicted molar refractivity (Wildman–Crippen MR) is 86.2 cm³/mol. The van der Waals surface area contributed by atoms with Crippen molar-refractivity contribution in [1.82, 2.24) is 14.9 Å². The van der Waals surface area contributed by atoms with Crippen molar-refractivity contribution >= 4 is 11.7 Å². The monoisotopic (exact) mass is 352 g/mol. The van der Waals surface area contributed by atoms with E-state index >= 15 is 0 Å². The third-order valence-corrected chi connectivity index (χ3v) is 5.28. The molecule has 3 fully saturated rings. The number of carbonyl (C=O) groups is 1. The zero-order valence-electron chi connectivity index (χ0n) is 14.0. The lowest BCUT2D eigenvalue weighted by Gasteiger charge is -2.41. The molecule has 2 aliphatic carbocycles. The summed E-state index contributed by atoms with van der Waals surface area (Å²) < 4.78 is 31.7. The molecule has 4 rings (SSSR count). The molecule has 3 aliphatic rings. The summed E-state index contributed by atoms with van der Waals surface area (Å²) in [6.45, 7) is 1.09. The lowest BCUT2D eigenvalue weighted by molar-refractivity contribution is -0.167. The molecule has 6 nitrogen and oxygen atoms in total. The van der Waals surface area contributed by atoms with Gasteiger partial charge in [-0.2, -0.15) is 0 Å². The smallest absolute Gasteiger partial charge is 0.249 e. The number of ether oxygens (including phenoxy) is 1. The molecule has 1 aromatic heterocycles. The van der Waals surface area contributed by atoms with Crippen molar-refractivity contribution < 1.29 is 18.3 Å². The number of halogens is 2. The maximum Gasteiger partial charge on any atom is 0.249 e. The van der Waals surface area contributed by atoms with Gasteiger partial charge in [-0.1, -0.05) is 0 Å². The molecule has 0 spiro atoms. The highest BCUT2D eigenvalue weighted by molar-refractivity contribution is 5.80. The molecule has 2 saturated carbocycles. The number of nitrogens with zero attached hydrogens (tertiary/aromatic N) is 3. The lowest BCUT2D eigenvalue weighted by atomic mass is 9.80. The minimum Gasteiger partial charge on any atom is -0.377 e. The Morgan fingerprint density at radius 2 is 2.16 bits per heavy atom. The van der Waals surface area contributed by atoms with E-state index in [1.807, 2.05) is 6.07 Å². The molecule has 136 valence electrons. The fraction of sp³-hybridized carbons (Fsp3) is 0.706. The minimum atomic E-state index is -2.70. The average Bonchev–Trinajstić information content (AvgIpc) is 2.55. The lowest BCUT2D eigenvalue weighted by Crippen LogP contribution is -2.51. The molecule has 1 aliphatic heterocycles. The Hall–Kier alpha value is -1.83. The van der Waals surface area contributed by atoms with Gasteiger partial charge < -0.3 is 15.0 Å². The van der Waals surface area contributed by atoms with E-state index in [0.29, 0.717) is 31.6 Å². The molecule has 0 radical (unpaired) electrons. The van der Waals surface area contributed by atoms with E-state index in [9.17, 15) is 13.6 Å². The normalized spacial score (nSPS) is 26.6. The van der Waals surface area contributed by atoms with Gasteiger partial charge in [0, 0.05) is 37.5 Å². The molecule has 0 aromatic carbocycles. The van der Waals surface area contributed by atoms with Crippen LogP contribution in [0.3, 0.4) is 0 Å². The number of rotatable bonds is 4. The van der Waals surface area contributed by atoms with Crippen molar-refractivity contribution in [3.63, 3.8) is 0 Å². The molecular formula is C17H22F2N4O2. The summed E-state index contributed by atoms with van der Waals surface area (Å²) in [4.78, 5) is 23.1. The number of aromatic nitrogens is 2. The molecular weight excluding hydrogens is 330 g/mol. The van der Waals surface area contributed by atoms with Gasteiger partial charge in [0.1, 0.15) is 11.9 Å². The second-order valence-electron chi connectivity index (χ2n) is 7.16. The summed E-state index contributed by atoms with van der Waals surface area (Å²) >= 11 is 0. The summed E-state index contributed by atoms with van der Waals surface area (Å²) in [5.74, 6) is -2.30. The maximum atomic E-state index is 13.1. The van der Waals surface area contributed by atoms with E-state index in [2.05, 4.69) is 15.3 Å². The van der Waals surface area contributed by atoms with Crippen LogP contribution in [-0.4, -0.2) is 52.5 Å². The molecule has 2 heterocycles. The second kappa shape index (κ2) is 6.48. The zero-order valence-corrected chi connectivity index (χ0v) is 14.0. The average molecular weight is 352 g/mol. The Bertz CT molecular complexity index is 645. The van der Waals surface area contributed by atoms with E-state index in [0.717, 1.165) is 18.7 Å². The van der Waals surface area contributed by atoms with Gasteiger partial charge in [0.2, 0.25) is 11.8 Å². The maximum absolute atomic E-state index is 13.1. The summed E-state index contributed by atoms with van der Waals surface area (Å²) in [7, 11) is 0. The minimum absolute atomic E-state index is 0.236. The van der Waals surface area contributed by atoms with Crippen molar-refractivity contribution in [3.05, 3.63) is 18.1 Å². The van der Waals surface area contributed by atoms with Crippen LogP contribution in [0.2, 0.25) is 0 Å². The number of hydrogen-bond donors (Lipinski definition) is 1. The molecule has 1 saturated heterocycles. The van der Waals surface area contributed by atoms with Crippen molar-refractivity contribution in [2.75, 3.05) is 25.1 Å². The highest BCUT2D eigenvalue weighted by atomic mass is 19.3. The van der Waals surface area contributed by atoms with Gasteiger partial charge >= 0.3 is 0 Å². The molecule has 0 bridgehead atoms. The standard InChI is InChI=1S/C17H22F2N4O2/c18-17(19)8-11(9-17)16(24)23-6-7-25-10-13(23)15-20-5-4-14(22-15)21-12-2-1-3-12/h4-5,11-13H,1-3,6-10H2,(H,20,21,22). The van der Waals surface area contributed by atoms with Crippen LogP contribution in [0.1, 0.15) is 44.0 Å². The highest BCUT2D eigenvalue weighted by Gasteiger charge is 2.51. The van der Waals surface area contributed by atoms with E-state index in [-0.39, 0.29) is 18.7 Å². The summed E-state index contributed by atoms with van der Waals surface area (Å²) in [6, 6.07) is 1.84. The Morgan fingerprint density at radius 1 is 1.36 bits per heavy atom. The topological polar surface area (TPSA) is 67.4 Å². The number of hydrogen-bond acceptors (Lipinski definition) is 5. The first kappa shape index (κ1) is 16.6. The van der Waals surface area contributed by atoms with Gasteiger partial charge in [-0.05, 0) is 25.3 Å². The van der Waals surface area contributed by atoms with Crippen molar-refractivity contribution in [2.45, 2.75) is 50.1 Å². The first-order chi connectivity index (χ1) is 12.0. The molecule has 1 unspecified atom stereocenters.